The number of carbonyl (C=O) groups is 1. The van der Waals surface area contributed by atoms with E-state index in [1.54, 1.807) is 7.05 Å². The molecule has 9 heteroatoms. The molecule has 1 aliphatic heterocycles. The number of nitrogens with one attached hydrogen (secondary N) is 3. The number of benzene rings is 1. The number of thioether (sulfide) groups is 1. The zero-order valence-electron chi connectivity index (χ0n) is 12.1. The summed E-state index contributed by atoms with van der Waals surface area (Å²) in [6, 6.07) is 8.23. The molecule has 0 saturated carbocycles. The van der Waals surface area contributed by atoms with Crippen molar-refractivity contribution in [3.63, 3.8) is 0 Å². The summed E-state index contributed by atoms with van der Waals surface area (Å²) in [6.07, 6.45) is 1.06. The molecule has 0 spiro atoms. The van der Waals surface area contributed by atoms with Crippen molar-refractivity contribution in [2.24, 2.45) is 7.05 Å². The summed E-state index contributed by atoms with van der Waals surface area (Å²) in [6.45, 7) is 0.970. The smallest absolute Gasteiger partial charge is 0.234 e. The number of tetrazole rings is 1. The van der Waals surface area contributed by atoms with Crippen LogP contribution in [0.5, 0.6) is 0 Å². The molecule has 1 amide bonds. The Morgan fingerprint density at radius 1 is 1.45 bits per heavy atom. The third-order valence-electron chi connectivity index (χ3n) is 3.34. The number of amides is 1. The molecule has 3 N–H and O–H groups in total. The molecule has 3 rings (SSSR count). The fourth-order valence-electron chi connectivity index (χ4n) is 2.20. The van der Waals surface area contributed by atoms with Crippen LogP contribution >= 0.6 is 11.8 Å². The van der Waals surface area contributed by atoms with Gasteiger partial charge >= 0.3 is 0 Å². The maximum absolute atomic E-state index is 11.9. The highest BCUT2D eigenvalue weighted by atomic mass is 32.2. The molecule has 22 heavy (non-hydrogen) atoms. The average molecular weight is 319 g/mol. The largest absolute Gasteiger partial charge is 0.325 e. The number of anilines is 1. The lowest BCUT2D eigenvalue weighted by atomic mass is 10.1. The Hall–Kier alpha value is -1.97. The third kappa shape index (κ3) is 3.62. The van der Waals surface area contributed by atoms with E-state index in [1.807, 2.05) is 24.3 Å². The van der Waals surface area contributed by atoms with Crippen molar-refractivity contribution in [3.05, 3.63) is 29.8 Å². The fourth-order valence-corrected chi connectivity index (χ4v) is 2.85. The van der Waals surface area contributed by atoms with Gasteiger partial charge in [-0.05, 0) is 34.5 Å². The number of nitrogens with zero attached hydrogens (tertiary/aromatic N) is 4. The van der Waals surface area contributed by atoms with E-state index in [9.17, 15) is 4.79 Å². The van der Waals surface area contributed by atoms with Crippen LogP contribution in [-0.4, -0.2) is 38.4 Å². The van der Waals surface area contributed by atoms with Crippen molar-refractivity contribution in [1.82, 2.24) is 31.1 Å². The maximum Gasteiger partial charge on any atom is 0.234 e. The lowest BCUT2D eigenvalue weighted by Gasteiger charge is -2.11. The number of aryl methyl sites for hydroxylation is 1. The number of hydrogen-bond donors (Lipinski definition) is 3. The van der Waals surface area contributed by atoms with Crippen molar-refractivity contribution in [2.75, 3.05) is 17.6 Å². The van der Waals surface area contributed by atoms with Crippen LogP contribution in [0, 0.1) is 0 Å². The van der Waals surface area contributed by atoms with Gasteiger partial charge in [0.1, 0.15) is 0 Å². The number of hydrazine groups is 1. The quantitative estimate of drug-likeness (QED) is 0.690. The average Bonchev–Trinajstić information content (AvgIpc) is 3.18. The van der Waals surface area contributed by atoms with Crippen LogP contribution < -0.4 is 16.2 Å². The first kappa shape index (κ1) is 14.9. The monoisotopic (exact) mass is 319 g/mol. The highest BCUT2D eigenvalue weighted by Gasteiger charge is 2.15. The van der Waals surface area contributed by atoms with Gasteiger partial charge in [0.15, 0.2) is 0 Å². The standard InChI is InChI=1S/C13H17N7OS/c1-20-13(17-18-19-20)22-8-12(21)15-10-4-2-9(3-5-10)11-6-7-14-16-11/h2-5,11,14,16H,6-8H2,1H3,(H,15,21). The van der Waals surface area contributed by atoms with Gasteiger partial charge in [-0.25, -0.2) is 4.68 Å². The zero-order valence-corrected chi connectivity index (χ0v) is 12.9. The Balaban J connectivity index is 1.51. The van der Waals surface area contributed by atoms with Crippen LogP contribution in [0.2, 0.25) is 0 Å². The zero-order chi connectivity index (χ0) is 15.4. The van der Waals surface area contributed by atoms with Crippen LogP contribution in [0.4, 0.5) is 5.69 Å². The molecule has 1 fully saturated rings. The van der Waals surface area contributed by atoms with Gasteiger partial charge in [0.2, 0.25) is 11.1 Å². The van der Waals surface area contributed by atoms with Gasteiger partial charge in [-0.2, -0.15) is 0 Å². The van der Waals surface area contributed by atoms with E-state index < -0.39 is 0 Å². The number of hydrogen-bond acceptors (Lipinski definition) is 7. The molecule has 1 atom stereocenters. The molecule has 1 aromatic carbocycles. The van der Waals surface area contributed by atoms with Crippen molar-refractivity contribution >= 4 is 23.4 Å². The van der Waals surface area contributed by atoms with E-state index in [4.69, 9.17) is 0 Å². The van der Waals surface area contributed by atoms with E-state index in [1.165, 1.54) is 22.0 Å². The molecule has 116 valence electrons. The van der Waals surface area contributed by atoms with E-state index in [-0.39, 0.29) is 11.7 Å². The minimum atomic E-state index is -0.0820. The highest BCUT2D eigenvalue weighted by molar-refractivity contribution is 7.99. The van der Waals surface area contributed by atoms with Gasteiger partial charge in [0.05, 0.1) is 5.75 Å². The van der Waals surface area contributed by atoms with Gasteiger partial charge in [-0.15, -0.1) is 5.10 Å². The van der Waals surface area contributed by atoms with Gasteiger partial charge in [0.25, 0.3) is 0 Å². The van der Waals surface area contributed by atoms with Gasteiger partial charge in [0, 0.05) is 25.3 Å². The molecule has 1 aliphatic rings. The number of carbonyl (C=O) groups excluding carboxylic acids is 1. The van der Waals surface area contributed by atoms with Crippen molar-refractivity contribution < 1.29 is 4.79 Å². The molecule has 0 bridgehead atoms. The molecule has 1 unspecified atom stereocenters. The minimum absolute atomic E-state index is 0.0820. The molecule has 0 radical (unpaired) electrons. The van der Waals surface area contributed by atoms with E-state index in [0.29, 0.717) is 11.2 Å². The predicted molar refractivity (Wildman–Crippen MR) is 83.1 cm³/mol. The van der Waals surface area contributed by atoms with Gasteiger partial charge in [-0.1, -0.05) is 23.9 Å². The SMILES string of the molecule is Cn1nnnc1SCC(=O)Nc1ccc(C2CCNN2)cc1. The molecular formula is C13H17N7OS. The van der Waals surface area contributed by atoms with Crippen LogP contribution in [-0.2, 0) is 11.8 Å². The van der Waals surface area contributed by atoms with Crippen LogP contribution in [0.1, 0.15) is 18.0 Å². The second kappa shape index (κ2) is 6.86. The van der Waals surface area contributed by atoms with Crippen molar-refractivity contribution in [1.29, 1.82) is 0 Å². The molecular weight excluding hydrogens is 302 g/mol. The lowest BCUT2D eigenvalue weighted by Crippen LogP contribution is -2.24. The van der Waals surface area contributed by atoms with Crippen LogP contribution in [0.15, 0.2) is 29.4 Å². The molecule has 2 aromatic rings. The van der Waals surface area contributed by atoms with E-state index >= 15 is 0 Å². The summed E-state index contributed by atoms with van der Waals surface area (Å²) in [5.74, 6) is 0.186. The first-order valence-electron chi connectivity index (χ1n) is 6.96. The summed E-state index contributed by atoms with van der Waals surface area (Å²) in [5.41, 5.74) is 8.32. The van der Waals surface area contributed by atoms with Gasteiger partial charge < -0.3 is 5.32 Å². The topological polar surface area (TPSA) is 96.8 Å². The molecule has 0 aliphatic carbocycles. The lowest BCUT2D eigenvalue weighted by molar-refractivity contribution is -0.113. The van der Waals surface area contributed by atoms with Crippen molar-refractivity contribution in [3.8, 4) is 0 Å². The summed E-state index contributed by atoms with van der Waals surface area (Å²) >= 11 is 1.30. The second-order valence-corrected chi connectivity index (χ2v) is 5.90. The van der Waals surface area contributed by atoms with Crippen LogP contribution in [0.25, 0.3) is 0 Å². The summed E-state index contributed by atoms with van der Waals surface area (Å²) in [5, 5.41) is 14.6. The Morgan fingerprint density at radius 2 is 2.27 bits per heavy atom. The van der Waals surface area contributed by atoms with E-state index in [2.05, 4.69) is 31.7 Å². The molecule has 2 heterocycles. The Bertz CT molecular complexity index is 636. The molecule has 1 aromatic heterocycles. The Labute approximate surface area is 132 Å². The first-order chi connectivity index (χ1) is 10.7. The summed E-state index contributed by atoms with van der Waals surface area (Å²) in [4.78, 5) is 11.9. The fraction of sp³-hybridized carbons (Fsp3) is 0.385. The first-order valence-corrected chi connectivity index (χ1v) is 7.94. The van der Waals surface area contributed by atoms with Crippen molar-refractivity contribution in [2.45, 2.75) is 17.6 Å². The normalized spacial score (nSPS) is 17.6. The Kier molecular flexibility index (Phi) is 4.66. The predicted octanol–water partition coefficient (Wildman–Crippen LogP) is 0.480. The maximum atomic E-state index is 11.9. The summed E-state index contributed by atoms with van der Waals surface area (Å²) < 4.78 is 1.54. The molecule has 1 saturated heterocycles. The van der Waals surface area contributed by atoms with Crippen LogP contribution in [0.3, 0.4) is 0 Å². The number of aromatic nitrogens is 4. The third-order valence-corrected chi connectivity index (χ3v) is 4.36. The van der Waals surface area contributed by atoms with Gasteiger partial charge in [-0.3, -0.25) is 15.6 Å². The minimum Gasteiger partial charge on any atom is -0.325 e. The molecule has 8 nitrogen and oxygen atoms in total. The Morgan fingerprint density at radius 3 is 2.91 bits per heavy atom. The highest BCUT2D eigenvalue weighted by Crippen LogP contribution is 2.21. The van der Waals surface area contributed by atoms with E-state index in [0.717, 1.165) is 18.7 Å². The summed E-state index contributed by atoms with van der Waals surface area (Å²) in [7, 11) is 1.74. The number of rotatable bonds is 5. The second-order valence-electron chi connectivity index (χ2n) is 4.96.